The molecule has 2 aromatic rings. The number of para-hydroxylation sites is 1. The van der Waals surface area contributed by atoms with E-state index in [0.29, 0.717) is 13.0 Å². The topological polar surface area (TPSA) is 59.5 Å². The van der Waals surface area contributed by atoms with Crippen molar-refractivity contribution in [3.8, 4) is 0 Å². The molecule has 0 radical (unpaired) electrons. The second-order valence-electron chi connectivity index (χ2n) is 6.41. The molecule has 1 aromatic heterocycles. The molecule has 114 valence electrons. The number of nitrogens with one attached hydrogen (secondary N) is 1. The second-order valence-corrected chi connectivity index (χ2v) is 6.41. The molecule has 0 bridgehead atoms. The van der Waals surface area contributed by atoms with Gasteiger partial charge in [0.15, 0.2) is 0 Å². The van der Waals surface area contributed by atoms with Gasteiger partial charge in [-0.2, -0.15) is 0 Å². The van der Waals surface area contributed by atoms with Crippen LogP contribution in [0.2, 0.25) is 0 Å². The number of aliphatic hydroxyl groups excluding tert-OH is 1. The normalized spacial score (nSPS) is 23.8. The van der Waals surface area contributed by atoms with Crippen LogP contribution in [0.25, 0.3) is 10.9 Å². The lowest BCUT2D eigenvalue weighted by Gasteiger charge is -2.38. The molecule has 0 saturated carbocycles. The average molecular weight is 288 g/mol. The van der Waals surface area contributed by atoms with Crippen molar-refractivity contribution in [3.63, 3.8) is 0 Å². The number of benzene rings is 1. The molecule has 1 atom stereocenters. The fraction of sp³-hybridized carbons (Fsp3) is 0.529. The summed E-state index contributed by atoms with van der Waals surface area (Å²) in [6, 6.07) is 6.39. The molecule has 4 nitrogen and oxygen atoms in total. The average Bonchev–Trinajstić information content (AvgIpc) is 2.76. The van der Waals surface area contributed by atoms with Crippen molar-refractivity contribution >= 4 is 10.9 Å². The van der Waals surface area contributed by atoms with Gasteiger partial charge in [-0.25, -0.2) is 0 Å². The van der Waals surface area contributed by atoms with Crippen LogP contribution in [0, 0.1) is 13.8 Å². The summed E-state index contributed by atoms with van der Waals surface area (Å²) in [6.45, 7) is 6.40. The minimum absolute atomic E-state index is 0.158. The molecule has 0 amide bonds. The van der Waals surface area contributed by atoms with E-state index in [1.165, 1.54) is 27.7 Å². The van der Waals surface area contributed by atoms with E-state index in [2.05, 4.69) is 41.9 Å². The quantitative estimate of drug-likeness (QED) is 0.810. The van der Waals surface area contributed by atoms with Gasteiger partial charge in [0.25, 0.3) is 0 Å². The number of likely N-dealkylation sites (tertiary alicyclic amines) is 1. The fourth-order valence-electron chi connectivity index (χ4n) is 3.39. The number of β-amino-alcohol motifs (C(OH)–C–C–N with tert-alkyl or cyclic N) is 1. The van der Waals surface area contributed by atoms with Crippen LogP contribution in [0.1, 0.15) is 29.7 Å². The van der Waals surface area contributed by atoms with Crippen LogP contribution >= 0.6 is 0 Å². The molecule has 4 heteroatoms. The number of hydrogen-bond donors (Lipinski definition) is 3. The van der Waals surface area contributed by atoms with Gasteiger partial charge < -0.3 is 15.2 Å². The molecule has 21 heavy (non-hydrogen) atoms. The lowest BCUT2D eigenvalue weighted by molar-refractivity contribution is -0.0686. The van der Waals surface area contributed by atoms with E-state index in [4.69, 9.17) is 0 Å². The van der Waals surface area contributed by atoms with Gasteiger partial charge in [0, 0.05) is 24.2 Å². The maximum absolute atomic E-state index is 10.3. The van der Waals surface area contributed by atoms with Gasteiger partial charge in [-0.1, -0.05) is 18.2 Å². The summed E-state index contributed by atoms with van der Waals surface area (Å²) >= 11 is 0. The Bertz CT molecular complexity index is 650. The minimum Gasteiger partial charge on any atom is -0.393 e. The standard InChI is InChI=1S/C17H24N2O2/c1-12-13(2)18-16-14(5-3-6-15(12)16)9-19-8-4-7-17(21,10-19)11-20/h3,5-6,18,20-21H,4,7-11H2,1-2H3. The molecule has 1 fully saturated rings. The minimum atomic E-state index is -0.937. The van der Waals surface area contributed by atoms with Crippen molar-refractivity contribution in [1.82, 2.24) is 9.88 Å². The highest BCUT2D eigenvalue weighted by molar-refractivity contribution is 5.87. The number of aromatic amines is 1. The first kappa shape index (κ1) is 14.6. The van der Waals surface area contributed by atoms with E-state index in [-0.39, 0.29) is 6.61 Å². The largest absolute Gasteiger partial charge is 0.393 e. The lowest BCUT2D eigenvalue weighted by Crippen LogP contribution is -2.50. The second kappa shape index (κ2) is 5.44. The molecule has 1 aliphatic rings. The third kappa shape index (κ3) is 2.71. The Hall–Kier alpha value is -1.36. The predicted octanol–water partition coefficient (Wildman–Crippen LogP) is 2.10. The summed E-state index contributed by atoms with van der Waals surface area (Å²) in [5.74, 6) is 0. The SMILES string of the molecule is Cc1[nH]c2c(CN3CCCC(O)(CO)C3)cccc2c1C. The van der Waals surface area contributed by atoms with E-state index < -0.39 is 5.60 Å². The fourth-order valence-corrected chi connectivity index (χ4v) is 3.39. The summed E-state index contributed by atoms with van der Waals surface area (Å²) < 4.78 is 0. The number of hydrogen-bond acceptors (Lipinski definition) is 3. The predicted molar refractivity (Wildman–Crippen MR) is 84.3 cm³/mol. The molecule has 0 aliphatic carbocycles. The zero-order valence-electron chi connectivity index (χ0n) is 12.8. The van der Waals surface area contributed by atoms with Crippen molar-refractivity contribution in [1.29, 1.82) is 0 Å². The molecular weight excluding hydrogens is 264 g/mol. The molecule has 1 aliphatic heterocycles. The van der Waals surface area contributed by atoms with Gasteiger partial charge in [0.1, 0.15) is 5.60 Å². The van der Waals surface area contributed by atoms with Crippen molar-refractivity contribution < 1.29 is 10.2 Å². The van der Waals surface area contributed by atoms with Gasteiger partial charge in [0.05, 0.1) is 12.1 Å². The number of nitrogens with zero attached hydrogens (tertiary/aromatic N) is 1. The van der Waals surface area contributed by atoms with E-state index in [1.54, 1.807) is 0 Å². The van der Waals surface area contributed by atoms with Crippen LogP contribution in [-0.2, 0) is 6.54 Å². The molecular formula is C17H24N2O2. The number of fused-ring (bicyclic) bond motifs is 1. The Balaban J connectivity index is 1.87. The summed E-state index contributed by atoms with van der Waals surface area (Å²) in [5.41, 5.74) is 4.03. The van der Waals surface area contributed by atoms with Crippen LogP contribution < -0.4 is 0 Å². The van der Waals surface area contributed by atoms with Crippen LogP contribution in [0.3, 0.4) is 0 Å². The third-order valence-corrected chi connectivity index (χ3v) is 4.75. The van der Waals surface area contributed by atoms with E-state index in [1.807, 2.05) is 0 Å². The Morgan fingerprint density at radius 1 is 1.33 bits per heavy atom. The summed E-state index contributed by atoms with van der Waals surface area (Å²) in [5, 5.41) is 20.9. The zero-order chi connectivity index (χ0) is 15.0. The van der Waals surface area contributed by atoms with Gasteiger partial charge in [-0.15, -0.1) is 0 Å². The maximum Gasteiger partial charge on any atom is 0.100 e. The highest BCUT2D eigenvalue weighted by atomic mass is 16.3. The van der Waals surface area contributed by atoms with Crippen LogP contribution in [0.15, 0.2) is 18.2 Å². The molecule has 1 aromatic carbocycles. The highest BCUT2D eigenvalue weighted by Crippen LogP contribution is 2.27. The Labute approximate surface area is 125 Å². The number of piperidine rings is 1. The number of aryl methyl sites for hydroxylation is 2. The Morgan fingerprint density at radius 3 is 2.90 bits per heavy atom. The molecule has 3 N–H and O–H groups in total. The van der Waals surface area contributed by atoms with Crippen molar-refractivity contribution in [3.05, 3.63) is 35.0 Å². The molecule has 0 spiro atoms. The maximum atomic E-state index is 10.3. The number of H-pyrrole nitrogens is 1. The Kier molecular flexibility index (Phi) is 3.78. The number of rotatable bonds is 3. The number of aliphatic hydroxyl groups is 2. The zero-order valence-corrected chi connectivity index (χ0v) is 12.8. The van der Waals surface area contributed by atoms with Gasteiger partial charge in [-0.05, 0) is 44.4 Å². The van der Waals surface area contributed by atoms with E-state index in [9.17, 15) is 10.2 Å². The highest BCUT2D eigenvalue weighted by Gasteiger charge is 2.32. The van der Waals surface area contributed by atoms with Crippen molar-refractivity contribution in [2.75, 3.05) is 19.7 Å². The molecule has 2 heterocycles. The smallest absolute Gasteiger partial charge is 0.100 e. The van der Waals surface area contributed by atoms with Crippen molar-refractivity contribution in [2.24, 2.45) is 0 Å². The first-order chi connectivity index (χ1) is 10.0. The summed E-state index contributed by atoms with van der Waals surface area (Å²) in [7, 11) is 0. The van der Waals surface area contributed by atoms with E-state index >= 15 is 0 Å². The first-order valence-corrected chi connectivity index (χ1v) is 7.65. The van der Waals surface area contributed by atoms with E-state index in [0.717, 1.165) is 19.5 Å². The van der Waals surface area contributed by atoms with Crippen molar-refractivity contribution in [2.45, 2.75) is 38.8 Å². The number of aromatic nitrogens is 1. The van der Waals surface area contributed by atoms with Gasteiger partial charge >= 0.3 is 0 Å². The Morgan fingerprint density at radius 2 is 2.14 bits per heavy atom. The lowest BCUT2D eigenvalue weighted by atomic mass is 9.93. The van der Waals surface area contributed by atoms with Crippen LogP contribution in [0.4, 0.5) is 0 Å². The third-order valence-electron chi connectivity index (χ3n) is 4.75. The first-order valence-electron chi connectivity index (χ1n) is 7.65. The van der Waals surface area contributed by atoms with Gasteiger partial charge in [0.2, 0.25) is 0 Å². The van der Waals surface area contributed by atoms with Crippen LogP contribution in [-0.4, -0.2) is 45.4 Å². The molecule has 1 saturated heterocycles. The van der Waals surface area contributed by atoms with Crippen LogP contribution in [0.5, 0.6) is 0 Å². The molecule has 1 unspecified atom stereocenters. The summed E-state index contributed by atoms with van der Waals surface area (Å²) in [4.78, 5) is 5.72. The van der Waals surface area contributed by atoms with Gasteiger partial charge in [-0.3, -0.25) is 4.90 Å². The monoisotopic (exact) mass is 288 g/mol. The summed E-state index contributed by atoms with van der Waals surface area (Å²) in [6.07, 6.45) is 1.61. The molecule has 3 rings (SSSR count).